The minimum absolute atomic E-state index is 0.137. The summed E-state index contributed by atoms with van der Waals surface area (Å²) >= 11 is 0. The molecule has 3 heterocycles. The third-order valence-corrected chi connectivity index (χ3v) is 4.22. The van der Waals surface area contributed by atoms with Crippen molar-refractivity contribution in [2.24, 2.45) is 7.05 Å². The number of hydrogen-bond acceptors (Lipinski definition) is 5. The molecular formula is C15H22N6O. The highest BCUT2D eigenvalue weighted by atomic mass is 16.2. The lowest BCUT2D eigenvalue weighted by Gasteiger charge is -2.35. The fourth-order valence-corrected chi connectivity index (χ4v) is 2.97. The molecule has 2 aromatic heterocycles. The summed E-state index contributed by atoms with van der Waals surface area (Å²) in [5, 5.41) is 4.49. The molecule has 0 bridgehead atoms. The van der Waals surface area contributed by atoms with E-state index in [9.17, 15) is 4.79 Å². The lowest BCUT2D eigenvalue weighted by molar-refractivity contribution is -0.129. The highest BCUT2D eigenvalue weighted by Gasteiger charge is 2.24. The first-order chi connectivity index (χ1) is 10.5. The normalized spacial score (nSPS) is 15.6. The van der Waals surface area contributed by atoms with Crippen LogP contribution in [0.5, 0.6) is 0 Å². The van der Waals surface area contributed by atoms with E-state index in [1.54, 1.807) is 6.92 Å². The molecule has 7 nitrogen and oxygen atoms in total. The van der Waals surface area contributed by atoms with Crippen molar-refractivity contribution < 1.29 is 4.79 Å². The van der Waals surface area contributed by atoms with Crippen molar-refractivity contribution in [1.29, 1.82) is 0 Å². The van der Waals surface area contributed by atoms with Crippen LogP contribution in [0.2, 0.25) is 0 Å². The molecule has 0 radical (unpaired) electrons. The summed E-state index contributed by atoms with van der Waals surface area (Å²) in [7, 11) is 1.93. The van der Waals surface area contributed by atoms with Crippen molar-refractivity contribution in [2.75, 3.05) is 31.1 Å². The first-order valence-electron chi connectivity index (χ1n) is 7.72. The molecule has 1 fully saturated rings. The van der Waals surface area contributed by atoms with E-state index in [1.165, 1.54) is 0 Å². The Bertz CT molecular complexity index is 714. The number of piperazine rings is 1. The molecule has 0 atom stereocenters. The molecule has 0 aliphatic carbocycles. The van der Waals surface area contributed by atoms with E-state index in [0.29, 0.717) is 0 Å². The predicted molar refractivity (Wildman–Crippen MR) is 84.9 cm³/mol. The highest BCUT2D eigenvalue weighted by Crippen LogP contribution is 2.26. The molecule has 0 aromatic carbocycles. The Hall–Kier alpha value is -2.18. The zero-order chi connectivity index (χ0) is 15.9. The number of aromatic nitrogens is 4. The molecule has 22 heavy (non-hydrogen) atoms. The number of aryl methyl sites for hydroxylation is 3. The zero-order valence-corrected chi connectivity index (χ0v) is 13.6. The van der Waals surface area contributed by atoms with Gasteiger partial charge >= 0.3 is 0 Å². The molecule has 1 saturated heterocycles. The van der Waals surface area contributed by atoms with Gasteiger partial charge in [0.15, 0.2) is 5.82 Å². The summed E-state index contributed by atoms with van der Waals surface area (Å²) in [6.45, 7) is 8.71. The Labute approximate surface area is 129 Å². The van der Waals surface area contributed by atoms with Gasteiger partial charge in [-0.3, -0.25) is 9.48 Å². The fourth-order valence-electron chi connectivity index (χ4n) is 2.97. The van der Waals surface area contributed by atoms with Crippen molar-refractivity contribution in [3.8, 4) is 0 Å². The van der Waals surface area contributed by atoms with Crippen molar-refractivity contribution in [3.63, 3.8) is 0 Å². The van der Waals surface area contributed by atoms with Crippen LogP contribution in [0.15, 0.2) is 0 Å². The van der Waals surface area contributed by atoms with Gasteiger partial charge in [0.25, 0.3) is 0 Å². The molecule has 0 saturated carbocycles. The van der Waals surface area contributed by atoms with Crippen molar-refractivity contribution in [3.05, 3.63) is 11.5 Å². The number of hydrogen-bond donors (Lipinski definition) is 0. The highest BCUT2D eigenvalue weighted by molar-refractivity contribution is 5.88. The van der Waals surface area contributed by atoms with Crippen LogP contribution in [0.25, 0.3) is 11.0 Å². The van der Waals surface area contributed by atoms with Gasteiger partial charge in [-0.2, -0.15) is 5.10 Å². The lowest BCUT2D eigenvalue weighted by Crippen LogP contribution is -2.48. The molecule has 7 heteroatoms. The summed E-state index contributed by atoms with van der Waals surface area (Å²) in [5.41, 5.74) is 2.84. The van der Waals surface area contributed by atoms with Crippen LogP contribution in [0.4, 0.5) is 5.82 Å². The molecule has 1 amide bonds. The third-order valence-electron chi connectivity index (χ3n) is 4.22. The molecule has 0 N–H and O–H groups in total. The molecule has 3 rings (SSSR count). The second kappa shape index (κ2) is 5.55. The first-order valence-corrected chi connectivity index (χ1v) is 7.72. The molecule has 0 spiro atoms. The number of fused-ring (bicyclic) bond motifs is 1. The van der Waals surface area contributed by atoms with Gasteiger partial charge in [-0.15, -0.1) is 0 Å². The van der Waals surface area contributed by atoms with E-state index < -0.39 is 0 Å². The van der Waals surface area contributed by atoms with Crippen LogP contribution < -0.4 is 4.90 Å². The maximum absolute atomic E-state index is 11.5. The van der Waals surface area contributed by atoms with Crippen molar-refractivity contribution in [1.82, 2.24) is 24.6 Å². The van der Waals surface area contributed by atoms with Crippen molar-refractivity contribution in [2.45, 2.75) is 27.2 Å². The van der Waals surface area contributed by atoms with E-state index in [2.05, 4.69) is 21.9 Å². The average Bonchev–Trinajstić information content (AvgIpc) is 2.81. The summed E-state index contributed by atoms with van der Waals surface area (Å²) in [6, 6.07) is 0. The van der Waals surface area contributed by atoms with E-state index >= 15 is 0 Å². The van der Waals surface area contributed by atoms with Crippen LogP contribution in [0, 0.1) is 6.92 Å². The maximum atomic E-state index is 11.5. The number of carbonyl (C=O) groups is 1. The Morgan fingerprint density at radius 1 is 1.18 bits per heavy atom. The monoisotopic (exact) mass is 302 g/mol. The van der Waals surface area contributed by atoms with Gasteiger partial charge in [-0.25, -0.2) is 9.97 Å². The van der Waals surface area contributed by atoms with Crippen LogP contribution in [0.1, 0.15) is 25.4 Å². The van der Waals surface area contributed by atoms with Gasteiger partial charge in [0.05, 0.1) is 5.69 Å². The second-order valence-corrected chi connectivity index (χ2v) is 5.72. The first kappa shape index (κ1) is 14.7. The topological polar surface area (TPSA) is 67.2 Å². The van der Waals surface area contributed by atoms with Crippen LogP contribution >= 0.6 is 0 Å². The van der Waals surface area contributed by atoms with E-state index in [4.69, 9.17) is 4.98 Å². The molecule has 118 valence electrons. The number of carbonyl (C=O) groups excluding carboxylic acids is 1. The Morgan fingerprint density at radius 3 is 2.45 bits per heavy atom. The fraction of sp³-hybridized carbons (Fsp3) is 0.600. The van der Waals surface area contributed by atoms with Crippen LogP contribution in [0.3, 0.4) is 0 Å². The number of nitrogens with zero attached hydrogens (tertiary/aromatic N) is 6. The minimum atomic E-state index is 0.137. The Kier molecular flexibility index (Phi) is 3.72. The summed E-state index contributed by atoms with van der Waals surface area (Å²) in [6.07, 6.45) is 0.796. The Morgan fingerprint density at radius 2 is 1.86 bits per heavy atom. The standard InChI is InChI=1S/C15H22N6O/c1-5-12-16-13-10(2)18-19(4)14(13)15(17-12)21-8-6-20(7-9-21)11(3)22/h5-9H2,1-4H3. The number of anilines is 1. The van der Waals surface area contributed by atoms with Gasteiger partial charge < -0.3 is 9.80 Å². The quantitative estimate of drug-likeness (QED) is 0.824. The van der Waals surface area contributed by atoms with E-state index in [-0.39, 0.29) is 5.91 Å². The largest absolute Gasteiger partial charge is 0.351 e. The predicted octanol–water partition coefficient (Wildman–Crippen LogP) is 0.903. The molecular weight excluding hydrogens is 280 g/mol. The third kappa shape index (κ3) is 2.40. The van der Waals surface area contributed by atoms with Gasteiger partial charge in [-0.05, 0) is 6.92 Å². The number of amides is 1. The SMILES string of the molecule is CCc1nc(N2CCN(C(C)=O)CC2)c2c(n1)c(C)nn2C. The van der Waals surface area contributed by atoms with E-state index in [0.717, 1.165) is 61.0 Å². The second-order valence-electron chi connectivity index (χ2n) is 5.72. The maximum Gasteiger partial charge on any atom is 0.219 e. The van der Waals surface area contributed by atoms with Gasteiger partial charge in [0.1, 0.15) is 16.9 Å². The smallest absolute Gasteiger partial charge is 0.219 e. The van der Waals surface area contributed by atoms with Gasteiger partial charge in [0.2, 0.25) is 5.91 Å². The molecule has 0 unspecified atom stereocenters. The summed E-state index contributed by atoms with van der Waals surface area (Å²) < 4.78 is 1.86. The van der Waals surface area contributed by atoms with Gasteiger partial charge in [0, 0.05) is 46.6 Å². The van der Waals surface area contributed by atoms with Crippen LogP contribution in [-0.4, -0.2) is 56.7 Å². The molecule has 1 aliphatic heterocycles. The minimum Gasteiger partial charge on any atom is -0.351 e. The van der Waals surface area contributed by atoms with Crippen LogP contribution in [-0.2, 0) is 18.3 Å². The van der Waals surface area contributed by atoms with Gasteiger partial charge in [-0.1, -0.05) is 6.92 Å². The van der Waals surface area contributed by atoms with E-state index in [1.807, 2.05) is 23.6 Å². The van der Waals surface area contributed by atoms with Crippen molar-refractivity contribution >= 4 is 22.8 Å². The zero-order valence-electron chi connectivity index (χ0n) is 13.6. The molecule has 2 aromatic rings. The summed E-state index contributed by atoms with van der Waals surface area (Å²) in [5.74, 6) is 1.92. The Balaban J connectivity index is 2.01. The lowest BCUT2D eigenvalue weighted by atomic mass is 10.2. The average molecular weight is 302 g/mol. The number of rotatable bonds is 2. The summed E-state index contributed by atoms with van der Waals surface area (Å²) in [4.78, 5) is 25.0. The molecule has 1 aliphatic rings.